The number of pyridine rings is 1. The summed E-state index contributed by atoms with van der Waals surface area (Å²) < 4.78 is 0. The maximum atomic E-state index is 11.8. The highest BCUT2D eigenvalue weighted by atomic mass is 16.4. The van der Waals surface area contributed by atoms with Gasteiger partial charge in [-0.15, -0.1) is 0 Å². The molecule has 1 heterocycles. The fourth-order valence-corrected chi connectivity index (χ4v) is 1.47. The first-order valence-corrected chi connectivity index (χ1v) is 5.78. The van der Waals surface area contributed by atoms with Crippen molar-refractivity contribution in [2.24, 2.45) is 0 Å². The van der Waals surface area contributed by atoms with E-state index in [1.165, 1.54) is 4.90 Å². The highest BCUT2D eigenvalue weighted by molar-refractivity contribution is 5.80. The van der Waals surface area contributed by atoms with E-state index < -0.39 is 5.97 Å². The monoisotopic (exact) mass is 251 g/mol. The van der Waals surface area contributed by atoms with Gasteiger partial charge in [-0.25, -0.2) is 4.79 Å². The number of hydrogen-bond acceptors (Lipinski definition) is 3. The lowest BCUT2D eigenvalue weighted by atomic mass is 10.3. The molecule has 0 fully saturated rings. The molecule has 6 heteroatoms. The Balaban J connectivity index is 2.48. The molecule has 98 valence electrons. The second-order valence-corrected chi connectivity index (χ2v) is 3.80. The molecule has 2 N–H and O–H groups in total. The number of carboxylic acids is 1. The van der Waals surface area contributed by atoms with Gasteiger partial charge in [0.15, 0.2) is 0 Å². The Hall–Kier alpha value is -2.11. The molecule has 0 aliphatic rings. The maximum absolute atomic E-state index is 11.8. The van der Waals surface area contributed by atoms with E-state index in [0.717, 1.165) is 5.69 Å². The molecule has 0 spiro atoms. The Morgan fingerprint density at radius 1 is 1.44 bits per heavy atom. The zero-order valence-electron chi connectivity index (χ0n) is 10.3. The molecule has 0 saturated carbocycles. The van der Waals surface area contributed by atoms with Crippen LogP contribution in [0.5, 0.6) is 0 Å². The molecule has 0 atom stereocenters. The third kappa shape index (κ3) is 4.82. The van der Waals surface area contributed by atoms with Crippen molar-refractivity contribution < 1.29 is 14.7 Å². The number of carbonyl (C=O) groups is 2. The van der Waals surface area contributed by atoms with E-state index in [4.69, 9.17) is 5.11 Å². The Labute approximate surface area is 106 Å². The van der Waals surface area contributed by atoms with Crippen molar-refractivity contribution in [3.8, 4) is 0 Å². The molecule has 1 aromatic heterocycles. The van der Waals surface area contributed by atoms with Gasteiger partial charge in [-0.3, -0.25) is 9.78 Å². The van der Waals surface area contributed by atoms with Gasteiger partial charge in [-0.05, 0) is 18.6 Å². The summed E-state index contributed by atoms with van der Waals surface area (Å²) in [4.78, 5) is 27.7. The fraction of sp³-hybridized carbons (Fsp3) is 0.417. The Kier molecular flexibility index (Phi) is 5.63. The van der Waals surface area contributed by atoms with Crippen LogP contribution in [0.15, 0.2) is 24.4 Å². The van der Waals surface area contributed by atoms with Gasteiger partial charge in [0.2, 0.25) is 0 Å². The second kappa shape index (κ2) is 7.26. The van der Waals surface area contributed by atoms with Gasteiger partial charge in [0.25, 0.3) is 0 Å². The number of nitrogens with zero attached hydrogens (tertiary/aromatic N) is 2. The predicted octanol–water partition coefficient (Wildman–Crippen LogP) is 1.09. The van der Waals surface area contributed by atoms with E-state index in [0.29, 0.717) is 19.5 Å². The van der Waals surface area contributed by atoms with E-state index in [1.54, 1.807) is 18.3 Å². The number of amides is 2. The van der Waals surface area contributed by atoms with Crippen LogP contribution < -0.4 is 5.32 Å². The van der Waals surface area contributed by atoms with Crippen LogP contribution in [-0.2, 0) is 11.3 Å². The average molecular weight is 251 g/mol. The van der Waals surface area contributed by atoms with E-state index in [-0.39, 0.29) is 12.6 Å². The summed E-state index contributed by atoms with van der Waals surface area (Å²) in [5.74, 6) is -1.02. The molecule has 1 rings (SSSR count). The molecule has 0 bridgehead atoms. The molecule has 0 aliphatic carbocycles. The van der Waals surface area contributed by atoms with Crippen LogP contribution in [0.4, 0.5) is 4.79 Å². The van der Waals surface area contributed by atoms with Gasteiger partial charge >= 0.3 is 12.0 Å². The molecule has 0 saturated heterocycles. The zero-order valence-corrected chi connectivity index (χ0v) is 10.3. The minimum absolute atomic E-state index is 0.290. The van der Waals surface area contributed by atoms with Crippen molar-refractivity contribution in [2.45, 2.75) is 19.9 Å². The van der Waals surface area contributed by atoms with Gasteiger partial charge in [-0.2, -0.15) is 0 Å². The van der Waals surface area contributed by atoms with Crippen LogP contribution in [0.1, 0.15) is 19.0 Å². The van der Waals surface area contributed by atoms with Crippen molar-refractivity contribution >= 4 is 12.0 Å². The number of aromatic nitrogens is 1. The third-order valence-corrected chi connectivity index (χ3v) is 2.25. The lowest BCUT2D eigenvalue weighted by Gasteiger charge is -2.20. The van der Waals surface area contributed by atoms with Crippen LogP contribution >= 0.6 is 0 Å². The van der Waals surface area contributed by atoms with Gasteiger partial charge in [0.05, 0.1) is 12.2 Å². The summed E-state index contributed by atoms with van der Waals surface area (Å²) in [5, 5.41) is 11.4. The van der Waals surface area contributed by atoms with E-state index in [9.17, 15) is 9.59 Å². The molecular formula is C12H17N3O3. The number of aliphatic carboxylic acids is 1. The molecule has 0 radical (unpaired) electrons. The Bertz CT molecular complexity index is 395. The van der Waals surface area contributed by atoms with Crippen molar-refractivity contribution in [2.75, 3.05) is 13.1 Å². The highest BCUT2D eigenvalue weighted by Gasteiger charge is 2.15. The normalized spacial score (nSPS) is 9.83. The van der Waals surface area contributed by atoms with Crippen LogP contribution in [0.2, 0.25) is 0 Å². The van der Waals surface area contributed by atoms with Gasteiger partial charge in [0, 0.05) is 12.7 Å². The lowest BCUT2D eigenvalue weighted by molar-refractivity contribution is -0.137. The number of urea groups is 1. The van der Waals surface area contributed by atoms with Crippen molar-refractivity contribution in [3.05, 3.63) is 30.1 Å². The molecule has 2 amide bonds. The lowest BCUT2D eigenvalue weighted by Crippen LogP contribution is -2.42. The zero-order chi connectivity index (χ0) is 13.4. The average Bonchev–Trinajstić information content (AvgIpc) is 2.36. The molecule has 6 nitrogen and oxygen atoms in total. The summed E-state index contributed by atoms with van der Waals surface area (Å²) in [6, 6.07) is 5.03. The standard InChI is InChI=1S/C12H17N3O3/c1-2-7-15(9-11(16)17)12(18)14-8-10-5-3-4-6-13-10/h3-6H,2,7-9H2,1H3,(H,14,18)(H,16,17). The van der Waals surface area contributed by atoms with Crippen LogP contribution in [-0.4, -0.2) is 40.1 Å². The summed E-state index contributed by atoms with van der Waals surface area (Å²) in [7, 11) is 0. The minimum Gasteiger partial charge on any atom is -0.480 e. The van der Waals surface area contributed by atoms with E-state index in [1.807, 2.05) is 13.0 Å². The van der Waals surface area contributed by atoms with Gasteiger partial charge in [0.1, 0.15) is 6.54 Å². The van der Waals surface area contributed by atoms with Crippen LogP contribution in [0.25, 0.3) is 0 Å². The number of nitrogens with one attached hydrogen (secondary N) is 1. The Morgan fingerprint density at radius 2 is 2.22 bits per heavy atom. The molecule has 0 aliphatic heterocycles. The molecular weight excluding hydrogens is 234 g/mol. The number of hydrogen-bond donors (Lipinski definition) is 2. The fourth-order valence-electron chi connectivity index (χ4n) is 1.47. The third-order valence-electron chi connectivity index (χ3n) is 2.25. The quantitative estimate of drug-likeness (QED) is 0.792. The minimum atomic E-state index is -1.02. The van der Waals surface area contributed by atoms with Gasteiger partial charge < -0.3 is 15.3 Å². The highest BCUT2D eigenvalue weighted by Crippen LogP contribution is 1.96. The van der Waals surface area contributed by atoms with Crippen molar-refractivity contribution in [1.29, 1.82) is 0 Å². The topological polar surface area (TPSA) is 82.5 Å². The first kappa shape index (κ1) is 14.0. The first-order valence-electron chi connectivity index (χ1n) is 5.78. The predicted molar refractivity (Wildman–Crippen MR) is 66.0 cm³/mol. The van der Waals surface area contributed by atoms with Crippen LogP contribution in [0.3, 0.4) is 0 Å². The number of rotatable bonds is 6. The molecule has 0 aromatic carbocycles. The summed E-state index contributed by atoms with van der Waals surface area (Å²) >= 11 is 0. The smallest absolute Gasteiger partial charge is 0.323 e. The molecule has 18 heavy (non-hydrogen) atoms. The van der Waals surface area contributed by atoms with E-state index >= 15 is 0 Å². The summed E-state index contributed by atoms with van der Waals surface area (Å²) in [5.41, 5.74) is 0.734. The maximum Gasteiger partial charge on any atom is 0.323 e. The van der Waals surface area contributed by atoms with Crippen molar-refractivity contribution in [3.63, 3.8) is 0 Å². The number of carboxylic acid groups (broad SMARTS) is 1. The van der Waals surface area contributed by atoms with Crippen molar-refractivity contribution in [1.82, 2.24) is 15.2 Å². The van der Waals surface area contributed by atoms with Gasteiger partial charge in [-0.1, -0.05) is 13.0 Å². The SMILES string of the molecule is CCCN(CC(=O)O)C(=O)NCc1ccccn1. The largest absolute Gasteiger partial charge is 0.480 e. The van der Waals surface area contributed by atoms with E-state index in [2.05, 4.69) is 10.3 Å². The Morgan fingerprint density at radius 3 is 2.78 bits per heavy atom. The summed E-state index contributed by atoms with van der Waals surface area (Å²) in [6.07, 6.45) is 2.35. The number of carbonyl (C=O) groups excluding carboxylic acids is 1. The molecule has 1 aromatic rings. The first-order chi connectivity index (χ1) is 8.63. The van der Waals surface area contributed by atoms with Crippen LogP contribution in [0, 0.1) is 0 Å². The molecule has 0 unspecified atom stereocenters. The second-order valence-electron chi connectivity index (χ2n) is 3.80. The summed E-state index contributed by atoms with van der Waals surface area (Å²) in [6.45, 7) is 2.31.